The first-order valence-electron chi connectivity index (χ1n) is 8.86. The van der Waals surface area contributed by atoms with E-state index < -0.39 is 5.60 Å². The van der Waals surface area contributed by atoms with Gasteiger partial charge in [0, 0.05) is 6.07 Å². The van der Waals surface area contributed by atoms with E-state index in [-0.39, 0.29) is 5.43 Å². The predicted octanol–water partition coefficient (Wildman–Crippen LogP) is 5.29. The van der Waals surface area contributed by atoms with Crippen LogP contribution in [0.15, 0.2) is 57.8 Å². The van der Waals surface area contributed by atoms with Crippen LogP contribution in [-0.4, -0.2) is 12.7 Å². The highest BCUT2D eigenvalue weighted by Gasteiger charge is 2.27. The summed E-state index contributed by atoms with van der Waals surface area (Å²) in [5.74, 6) is 1.13. The lowest BCUT2D eigenvalue weighted by Gasteiger charge is -2.28. The zero-order valence-electron chi connectivity index (χ0n) is 15.3. The summed E-state index contributed by atoms with van der Waals surface area (Å²) in [6.07, 6.45) is 3.91. The third-order valence-electron chi connectivity index (χ3n) is 5.04. The molecule has 1 aliphatic rings. The van der Waals surface area contributed by atoms with Crippen molar-refractivity contribution in [3.8, 4) is 11.5 Å². The topological polar surface area (TPSA) is 48.7 Å². The van der Waals surface area contributed by atoms with Gasteiger partial charge >= 0.3 is 0 Å². The lowest BCUT2D eigenvalue weighted by Crippen LogP contribution is -2.27. The fourth-order valence-corrected chi connectivity index (χ4v) is 3.79. The third-order valence-corrected chi connectivity index (χ3v) is 5.04. The molecule has 1 aromatic heterocycles. The van der Waals surface area contributed by atoms with Crippen molar-refractivity contribution in [1.82, 2.24) is 0 Å². The summed E-state index contributed by atoms with van der Waals surface area (Å²) in [5, 5.41) is 2.88. The van der Waals surface area contributed by atoms with Gasteiger partial charge in [0.25, 0.3) is 0 Å². The Bertz CT molecular complexity index is 1330. The molecule has 0 saturated heterocycles. The summed E-state index contributed by atoms with van der Waals surface area (Å²) >= 11 is 0. The lowest BCUT2D eigenvalue weighted by atomic mass is 9.98. The molecule has 5 rings (SSSR count). The molecule has 4 heteroatoms. The van der Waals surface area contributed by atoms with Gasteiger partial charge in [0.15, 0.2) is 0 Å². The van der Waals surface area contributed by atoms with Gasteiger partial charge < -0.3 is 13.9 Å². The Hall–Kier alpha value is -3.27. The fourth-order valence-electron chi connectivity index (χ4n) is 3.79. The molecule has 0 aliphatic carbocycles. The van der Waals surface area contributed by atoms with Crippen molar-refractivity contribution in [2.75, 3.05) is 7.11 Å². The van der Waals surface area contributed by atoms with Crippen molar-refractivity contribution in [2.24, 2.45) is 0 Å². The second-order valence-electron chi connectivity index (χ2n) is 7.32. The molecule has 134 valence electrons. The zero-order chi connectivity index (χ0) is 18.8. The van der Waals surface area contributed by atoms with Gasteiger partial charge in [-0.2, -0.15) is 0 Å². The fraction of sp³-hybridized carbons (Fsp3) is 0.174. The van der Waals surface area contributed by atoms with Crippen LogP contribution in [0.1, 0.15) is 19.4 Å². The molecule has 0 fully saturated rings. The molecule has 0 amide bonds. The van der Waals surface area contributed by atoms with Crippen molar-refractivity contribution >= 4 is 38.8 Å². The van der Waals surface area contributed by atoms with E-state index in [1.54, 1.807) is 13.2 Å². The van der Waals surface area contributed by atoms with Crippen molar-refractivity contribution in [3.63, 3.8) is 0 Å². The quantitative estimate of drug-likeness (QED) is 0.342. The molecular weight excluding hydrogens is 340 g/mol. The first kappa shape index (κ1) is 15.9. The van der Waals surface area contributed by atoms with Crippen LogP contribution in [0.25, 0.3) is 38.8 Å². The van der Waals surface area contributed by atoms with E-state index in [1.807, 2.05) is 62.4 Å². The highest BCUT2D eigenvalue weighted by Crippen LogP contribution is 2.42. The van der Waals surface area contributed by atoms with Crippen LogP contribution in [0, 0.1) is 0 Å². The summed E-state index contributed by atoms with van der Waals surface area (Å²) in [6.45, 7) is 3.96. The molecule has 4 aromatic rings. The Morgan fingerprint density at radius 1 is 1.00 bits per heavy atom. The molecule has 27 heavy (non-hydrogen) atoms. The largest absolute Gasteiger partial charge is 0.495 e. The molecule has 0 bridgehead atoms. The summed E-state index contributed by atoms with van der Waals surface area (Å²) in [4.78, 5) is 13.5. The Kier molecular flexibility index (Phi) is 3.17. The Morgan fingerprint density at radius 2 is 1.81 bits per heavy atom. The van der Waals surface area contributed by atoms with Crippen LogP contribution in [0.3, 0.4) is 0 Å². The molecule has 2 heterocycles. The van der Waals surface area contributed by atoms with E-state index in [0.29, 0.717) is 33.4 Å². The highest BCUT2D eigenvalue weighted by atomic mass is 16.5. The van der Waals surface area contributed by atoms with Gasteiger partial charge in [-0.3, -0.25) is 4.79 Å². The SMILES string of the molecule is COc1c2c(cc3oc4ccc5ccccc5c4c(=O)c13)OC(C)(C)C=C2. The third kappa shape index (κ3) is 2.26. The molecular formula is C23H18O4. The number of hydrogen-bond acceptors (Lipinski definition) is 4. The number of fused-ring (bicyclic) bond motifs is 5. The minimum atomic E-state index is -0.432. The smallest absolute Gasteiger partial charge is 0.204 e. The summed E-state index contributed by atoms with van der Waals surface area (Å²) in [7, 11) is 1.56. The highest BCUT2D eigenvalue weighted by molar-refractivity contribution is 6.09. The van der Waals surface area contributed by atoms with Gasteiger partial charge in [0.2, 0.25) is 5.43 Å². The molecule has 0 radical (unpaired) electrons. The van der Waals surface area contributed by atoms with Gasteiger partial charge in [-0.1, -0.05) is 30.3 Å². The van der Waals surface area contributed by atoms with E-state index in [9.17, 15) is 4.79 Å². The first-order chi connectivity index (χ1) is 13.0. The molecule has 4 nitrogen and oxygen atoms in total. The lowest BCUT2D eigenvalue weighted by molar-refractivity contribution is 0.158. The summed E-state index contributed by atoms with van der Waals surface area (Å²) in [6, 6.07) is 13.4. The molecule has 0 saturated carbocycles. The molecule has 1 aliphatic heterocycles. The Balaban J connectivity index is 1.98. The van der Waals surface area contributed by atoms with Crippen LogP contribution in [0.4, 0.5) is 0 Å². The van der Waals surface area contributed by atoms with Gasteiger partial charge in [-0.15, -0.1) is 0 Å². The normalized spacial score (nSPS) is 15.1. The minimum absolute atomic E-state index is 0.0964. The monoisotopic (exact) mass is 358 g/mol. The number of hydrogen-bond donors (Lipinski definition) is 0. The molecule has 0 spiro atoms. The van der Waals surface area contributed by atoms with E-state index in [4.69, 9.17) is 13.9 Å². The van der Waals surface area contributed by atoms with E-state index in [0.717, 1.165) is 16.3 Å². The van der Waals surface area contributed by atoms with Crippen LogP contribution >= 0.6 is 0 Å². The summed E-state index contributed by atoms with van der Waals surface area (Å²) in [5.41, 5.74) is 1.25. The summed E-state index contributed by atoms with van der Waals surface area (Å²) < 4.78 is 17.8. The van der Waals surface area contributed by atoms with Crippen molar-refractivity contribution in [3.05, 3.63) is 64.3 Å². The van der Waals surface area contributed by atoms with Crippen molar-refractivity contribution < 1.29 is 13.9 Å². The number of benzene rings is 3. The average Bonchev–Trinajstić information content (AvgIpc) is 2.65. The van der Waals surface area contributed by atoms with E-state index in [2.05, 4.69) is 0 Å². The van der Waals surface area contributed by atoms with Gasteiger partial charge in [0.05, 0.1) is 18.1 Å². The molecule has 0 N–H and O–H groups in total. The molecule has 0 atom stereocenters. The van der Waals surface area contributed by atoms with Crippen LogP contribution in [0.5, 0.6) is 11.5 Å². The number of ether oxygens (including phenoxy) is 2. The van der Waals surface area contributed by atoms with Crippen LogP contribution < -0.4 is 14.9 Å². The molecule has 0 unspecified atom stereocenters. The van der Waals surface area contributed by atoms with Crippen molar-refractivity contribution in [1.29, 1.82) is 0 Å². The zero-order valence-corrected chi connectivity index (χ0v) is 15.3. The van der Waals surface area contributed by atoms with Crippen LogP contribution in [0.2, 0.25) is 0 Å². The minimum Gasteiger partial charge on any atom is -0.495 e. The number of methoxy groups -OCH3 is 1. The molecule has 3 aromatic carbocycles. The van der Waals surface area contributed by atoms with Crippen LogP contribution in [-0.2, 0) is 0 Å². The van der Waals surface area contributed by atoms with Gasteiger partial charge in [-0.25, -0.2) is 0 Å². The van der Waals surface area contributed by atoms with Crippen molar-refractivity contribution in [2.45, 2.75) is 19.4 Å². The second-order valence-corrected chi connectivity index (χ2v) is 7.32. The average molecular weight is 358 g/mol. The van der Waals surface area contributed by atoms with E-state index in [1.165, 1.54) is 0 Å². The first-order valence-corrected chi connectivity index (χ1v) is 8.86. The maximum atomic E-state index is 13.5. The Morgan fingerprint density at radius 3 is 2.63 bits per heavy atom. The van der Waals surface area contributed by atoms with Gasteiger partial charge in [0.1, 0.15) is 33.7 Å². The predicted molar refractivity (Wildman–Crippen MR) is 108 cm³/mol. The van der Waals surface area contributed by atoms with Gasteiger partial charge in [-0.05, 0) is 42.8 Å². The second kappa shape index (κ2) is 5.36. The van der Waals surface area contributed by atoms with E-state index >= 15 is 0 Å². The maximum absolute atomic E-state index is 13.5. The standard InChI is InChI=1S/C23H18O4/c1-23(2)11-10-15-17(27-23)12-18-20(22(15)25-3)21(24)19-14-7-5-4-6-13(14)8-9-16(19)26-18/h4-12H,1-3H3. The number of rotatable bonds is 1. The Labute approximate surface area is 155 Å². The maximum Gasteiger partial charge on any atom is 0.204 e.